The van der Waals surface area contributed by atoms with Crippen LogP contribution < -0.4 is 10.2 Å². The Morgan fingerprint density at radius 2 is 2.19 bits per heavy atom. The smallest absolute Gasteiger partial charge is 0.233 e. The molecule has 1 N–H and O–H groups in total. The van der Waals surface area contributed by atoms with Crippen molar-refractivity contribution in [3.63, 3.8) is 0 Å². The van der Waals surface area contributed by atoms with E-state index in [1.807, 2.05) is 17.0 Å². The lowest BCUT2D eigenvalue weighted by molar-refractivity contribution is -0.117. The van der Waals surface area contributed by atoms with Crippen LogP contribution in [0.25, 0.3) is 0 Å². The fourth-order valence-electron chi connectivity index (χ4n) is 2.61. The first-order valence-electron chi connectivity index (χ1n) is 5.83. The maximum absolute atomic E-state index is 12.0. The Balaban J connectivity index is 1.92. The van der Waals surface area contributed by atoms with Crippen molar-refractivity contribution < 1.29 is 4.79 Å². The molecule has 4 nitrogen and oxygen atoms in total. The Morgan fingerprint density at radius 1 is 1.38 bits per heavy atom. The third kappa shape index (κ3) is 1.50. The van der Waals surface area contributed by atoms with Gasteiger partial charge < -0.3 is 10.2 Å². The Kier molecular flexibility index (Phi) is 2.36. The molecule has 3 heterocycles. The zero-order valence-electron chi connectivity index (χ0n) is 9.15. The number of nitrogens with one attached hydrogen (secondary N) is 1. The first-order chi connectivity index (χ1) is 7.86. The standard InChI is InChI=1S/C12H15N3O/c16-12-8-10-11(2-1-5-14-10)15(12)9-3-6-13-7-4-9/h1-2,5,9,13H,3-4,6-8H2. The molecule has 0 aromatic carbocycles. The van der Waals surface area contributed by atoms with Crippen LogP contribution in [-0.4, -0.2) is 30.0 Å². The van der Waals surface area contributed by atoms with Crippen LogP contribution in [-0.2, 0) is 11.2 Å². The Hall–Kier alpha value is -1.42. The van der Waals surface area contributed by atoms with E-state index in [1.165, 1.54) is 0 Å². The molecular weight excluding hydrogens is 202 g/mol. The molecule has 0 atom stereocenters. The van der Waals surface area contributed by atoms with E-state index in [0.29, 0.717) is 12.5 Å². The van der Waals surface area contributed by atoms with E-state index in [0.717, 1.165) is 37.3 Å². The van der Waals surface area contributed by atoms with Gasteiger partial charge in [0.1, 0.15) is 0 Å². The fourth-order valence-corrected chi connectivity index (χ4v) is 2.61. The summed E-state index contributed by atoms with van der Waals surface area (Å²) in [7, 11) is 0. The van der Waals surface area contributed by atoms with Gasteiger partial charge in [-0.05, 0) is 38.1 Å². The number of pyridine rings is 1. The van der Waals surface area contributed by atoms with Crippen LogP contribution in [0.2, 0.25) is 0 Å². The van der Waals surface area contributed by atoms with E-state index in [9.17, 15) is 4.79 Å². The number of hydrogen-bond acceptors (Lipinski definition) is 3. The molecule has 2 aliphatic heterocycles. The van der Waals surface area contributed by atoms with Crippen LogP contribution in [0, 0.1) is 0 Å². The topological polar surface area (TPSA) is 45.2 Å². The molecule has 0 aliphatic carbocycles. The summed E-state index contributed by atoms with van der Waals surface area (Å²) < 4.78 is 0. The monoisotopic (exact) mass is 217 g/mol. The van der Waals surface area contributed by atoms with E-state index in [1.54, 1.807) is 6.20 Å². The van der Waals surface area contributed by atoms with E-state index >= 15 is 0 Å². The number of carbonyl (C=O) groups excluding carboxylic acids is 1. The van der Waals surface area contributed by atoms with Crippen molar-refractivity contribution in [2.24, 2.45) is 0 Å². The fraction of sp³-hybridized carbons (Fsp3) is 0.500. The first kappa shape index (κ1) is 9.78. The minimum atomic E-state index is 0.209. The minimum absolute atomic E-state index is 0.209. The summed E-state index contributed by atoms with van der Waals surface area (Å²) >= 11 is 0. The zero-order valence-corrected chi connectivity index (χ0v) is 9.15. The van der Waals surface area contributed by atoms with Gasteiger partial charge in [0, 0.05) is 12.2 Å². The maximum atomic E-state index is 12.0. The second-order valence-electron chi connectivity index (χ2n) is 4.39. The van der Waals surface area contributed by atoms with Crippen LogP contribution in [0.15, 0.2) is 18.3 Å². The molecule has 0 radical (unpaired) electrons. The van der Waals surface area contributed by atoms with Crippen molar-refractivity contribution in [1.82, 2.24) is 10.3 Å². The van der Waals surface area contributed by atoms with Crippen molar-refractivity contribution in [2.75, 3.05) is 18.0 Å². The van der Waals surface area contributed by atoms with Gasteiger partial charge in [-0.25, -0.2) is 0 Å². The third-order valence-electron chi connectivity index (χ3n) is 3.39. The molecule has 0 bridgehead atoms. The van der Waals surface area contributed by atoms with E-state index < -0.39 is 0 Å². The lowest BCUT2D eigenvalue weighted by Gasteiger charge is -2.31. The summed E-state index contributed by atoms with van der Waals surface area (Å²) in [5, 5.41) is 3.32. The summed E-state index contributed by atoms with van der Waals surface area (Å²) in [6.45, 7) is 2.01. The molecule has 2 aliphatic rings. The first-order valence-corrected chi connectivity index (χ1v) is 5.83. The molecule has 4 heteroatoms. The van der Waals surface area contributed by atoms with Crippen molar-refractivity contribution in [3.05, 3.63) is 24.0 Å². The molecule has 1 saturated heterocycles. The van der Waals surface area contributed by atoms with E-state index in [4.69, 9.17) is 0 Å². The van der Waals surface area contributed by atoms with Crippen molar-refractivity contribution in [2.45, 2.75) is 25.3 Å². The van der Waals surface area contributed by atoms with Gasteiger partial charge in [0.05, 0.1) is 17.8 Å². The van der Waals surface area contributed by atoms with Gasteiger partial charge in [-0.1, -0.05) is 0 Å². The Bertz CT molecular complexity index is 412. The molecule has 1 aromatic heterocycles. The number of carbonyl (C=O) groups is 1. The van der Waals surface area contributed by atoms with Gasteiger partial charge in [0.15, 0.2) is 0 Å². The number of anilines is 1. The predicted molar refractivity (Wildman–Crippen MR) is 61.3 cm³/mol. The van der Waals surface area contributed by atoms with Crippen molar-refractivity contribution >= 4 is 11.6 Å². The number of fused-ring (bicyclic) bond motifs is 1. The van der Waals surface area contributed by atoms with Gasteiger partial charge >= 0.3 is 0 Å². The quantitative estimate of drug-likeness (QED) is 0.754. The average molecular weight is 217 g/mol. The zero-order chi connectivity index (χ0) is 11.0. The Morgan fingerprint density at radius 3 is 3.00 bits per heavy atom. The molecule has 84 valence electrons. The highest BCUT2D eigenvalue weighted by Gasteiger charge is 2.33. The van der Waals surface area contributed by atoms with Crippen molar-refractivity contribution in [1.29, 1.82) is 0 Å². The number of amides is 1. The summed E-state index contributed by atoms with van der Waals surface area (Å²) in [6.07, 6.45) is 4.32. The lowest BCUT2D eigenvalue weighted by atomic mass is 10.0. The van der Waals surface area contributed by atoms with Crippen LogP contribution in [0.3, 0.4) is 0 Å². The summed E-state index contributed by atoms with van der Waals surface area (Å²) in [4.78, 5) is 18.2. The highest BCUT2D eigenvalue weighted by molar-refractivity contribution is 6.01. The van der Waals surface area contributed by atoms with Gasteiger partial charge in [-0.15, -0.1) is 0 Å². The number of nitrogens with zero attached hydrogens (tertiary/aromatic N) is 2. The second-order valence-corrected chi connectivity index (χ2v) is 4.39. The minimum Gasteiger partial charge on any atom is -0.317 e. The Labute approximate surface area is 94.7 Å². The highest BCUT2D eigenvalue weighted by atomic mass is 16.2. The molecule has 1 fully saturated rings. The second kappa shape index (κ2) is 3.87. The average Bonchev–Trinajstić information content (AvgIpc) is 2.66. The largest absolute Gasteiger partial charge is 0.317 e. The van der Waals surface area contributed by atoms with Gasteiger partial charge in [-0.2, -0.15) is 0 Å². The maximum Gasteiger partial charge on any atom is 0.233 e. The van der Waals surface area contributed by atoms with Crippen molar-refractivity contribution in [3.8, 4) is 0 Å². The van der Waals surface area contributed by atoms with Crippen LogP contribution in [0.1, 0.15) is 18.5 Å². The molecule has 0 spiro atoms. The van der Waals surface area contributed by atoms with Crippen LogP contribution in [0.5, 0.6) is 0 Å². The summed E-state index contributed by atoms with van der Waals surface area (Å²) in [6, 6.07) is 4.28. The van der Waals surface area contributed by atoms with Crippen LogP contribution >= 0.6 is 0 Å². The molecule has 0 saturated carbocycles. The van der Waals surface area contributed by atoms with E-state index in [2.05, 4.69) is 10.3 Å². The van der Waals surface area contributed by atoms with Gasteiger partial charge in [-0.3, -0.25) is 9.78 Å². The number of rotatable bonds is 1. The number of aromatic nitrogens is 1. The predicted octanol–water partition coefficient (Wildman–Crippen LogP) is 0.723. The molecule has 0 unspecified atom stereocenters. The molecular formula is C12H15N3O. The number of piperidine rings is 1. The third-order valence-corrected chi connectivity index (χ3v) is 3.39. The highest BCUT2D eigenvalue weighted by Crippen LogP contribution is 2.30. The normalized spacial score (nSPS) is 21.2. The molecule has 1 amide bonds. The SMILES string of the molecule is O=C1Cc2ncccc2N1C1CCNCC1. The molecule has 1 aromatic rings. The molecule has 16 heavy (non-hydrogen) atoms. The van der Waals surface area contributed by atoms with Crippen LogP contribution in [0.4, 0.5) is 5.69 Å². The number of hydrogen-bond donors (Lipinski definition) is 1. The summed E-state index contributed by atoms with van der Waals surface area (Å²) in [5.41, 5.74) is 1.96. The lowest BCUT2D eigenvalue weighted by Crippen LogP contribution is -2.44. The summed E-state index contributed by atoms with van der Waals surface area (Å²) in [5.74, 6) is 0.209. The van der Waals surface area contributed by atoms with Gasteiger partial charge in [0.2, 0.25) is 5.91 Å². The van der Waals surface area contributed by atoms with Gasteiger partial charge in [0.25, 0.3) is 0 Å². The molecule has 3 rings (SSSR count). The van der Waals surface area contributed by atoms with E-state index in [-0.39, 0.29) is 5.91 Å².